The smallest absolute Gasteiger partial charge is 0.311 e. The number of ether oxygens (including phenoxy) is 1. The first kappa shape index (κ1) is 23.8. The second-order valence-electron chi connectivity index (χ2n) is 13.3. The Labute approximate surface area is 204 Å². The zero-order chi connectivity index (χ0) is 24.9. The molecule has 4 aliphatic carbocycles. The van der Waals surface area contributed by atoms with Crippen molar-refractivity contribution in [2.45, 2.75) is 98.3 Å². The third-order valence-corrected chi connectivity index (χ3v) is 11.7. The normalized spacial score (nSPS) is 43.0. The van der Waals surface area contributed by atoms with Gasteiger partial charge in [0, 0.05) is 5.41 Å². The van der Waals surface area contributed by atoms with Crippen molar-refractivity contribution in [3.63, 3.8) is 0 Å². The van der Waals surface area contributed by atoms with Crippen LogP contribution in [0.2, 0.25) is 0 Å². The van der Waals surface area contributed by atoms with Gasteiger partial charge >= 0.3 is 5.97 Å². The third kappa shape index (κ3) is 2.74. The summed E-state index contributed by atoms with van der Waals surface area (Å²) in [5.74, 6) is 0.416. The molecule has 1 aromatic carbocycles. The summed E-state index contributed by atoms with van der Waals surface area (Å²) in [5.41, 5.74) is 4.50. The third-order valence-electron chi connectivity index (χ3n) is 11.7. The van der Waals surface area contributed by atoms with Gasteiger partial charge in [0.05, 0.1) is 12.5 Å². The largest absolute Gasteiger partial charge is 0.504 e. The number of rotatable bonds is 1. The second-order valence-corrected chi connectivity index (χ2v) is 13.3. The summed E-state index contributed by atoms with van der Waals surface area (Å²) in [7, 11) is 1.53. The first-order valence-corrected chi connectivity index (χ1v) is 13.1. The minimum atomic E-state index is -0.408. The topological polar surface area (TPSA) is 66.8 Å². The van der Waals surface area contributed by atoms with Crippen LogP contribution in [0.25, 0.3) is 0 Å². The van der Waals surface area contributed by atoms with E-state index in [-0.39, 0.29) is 39.1 Å². The first-order chi connectivity index (χ1) is 15.8. The first-order valence-electron chi connectivity index (χ1n) is 13.1. The Bertz CT molecular complexity index is 1100. The average Bonchev–Trinajstić information content (AvgIpc) is 2.80. The van der Waals surface area contributed by atoms with Crippen LogP contribution in [0.15, 0.2) is 17.7 Å². The number of benzene rings is 1. The van der Waals surface area contributed by atoms with Crippen LogP contribution in [0, 0.1) is 34.5 Å². The van der Waals surface area contributed by atoms with Crippen molar-refractivity contribution in [1.29, 1.82) is 0 Å². The lowest BCUT2D eigenvalue weighted by atomic mass is 9.34. The molecule has 0 spiro atoms. The van der Waals surface area contributed by atoms with Crippen molar-refractivity contribution < 1.29 is 19.7 Å². The lowest BCUT2D eigenvalue weighted by Gasteiger charge is -2.70. The van der Waals surface area contributed by atoms with E-state index in [1.165, 1.54) is 30.2 Å². The maximum atomic E-state index is 12.8. The maximum absolute atomic E-state index is 12.8. The van der Waals surface area contributed by atoms with Crippen molar-refractivity contribution in [1.82, 2.24) is 0 Å². The van der Waals surface area contributed by atoms with Crippen LogP contribution in [0.1, 0.15) is 96.3 Å². The van der Waals surface area contributed by atoms with E-state index in [0.29, 0.717) is 5.92 Å². The van der Waals surface area contributed by atoms with E-state index in [2.05, 4.69) is 40.7 Å². The number of methoxy groups -OCH3 is 1. The molecule has 5 rings (SSSR count). The molecule has 0 bridgehead atoms. The number of phenolic OH excluding ortho intramolecular Hbond substituents is 2. The highest BCUT2D eigenvalue weighted by Gasteiger charge is 2.67. The minimum absolute atomic E-state index is 0.00504. The molecule has 0 heterocycles. The standard InChI is InChI=1S/C30H42O4/c1-18-19-8-9-22-28(4,20(19)16-21(31)24(18)32)13-15-30(6)23-17-27(3,25(33)34-7)11-10-26(23,2)12-14-29(22,30)5/h9,16,23,31-32H,8,10-15,17H2,1-7H3/t23?,26-,27+,28-,29-,30-/m0/s1. The molecule has 186 valence electrons. The van der Waals surface area contributed by atoms with Crippen LogP contribution < -0.4 is 0 Å². The molecule has 4 heteroatoms. The molecule has 0 aliphatic heterocycles. The Morgan fingerprint density at radius 2 is 1.68 bits per heavy atom. The summed E-state index contributed by atoms with van der Waals surface area (Å²) in [6.45, 7) is 13.9. The molecule has 0 radical (unpaired) electrons. The van der Waals surface area contributed by atoms with Crippen LogP contribution in [0.5, 0.6) is 11.5 Å². The molecule has 0 amide bonds. The van der Waals surface area contributed by atoms with Crippen molar-refractivity contribution in [3.8, 4) is 11.5 Å². The SMILES string of the molecule is COC(=O)[C@]1(C)CC[C@@]2(C)CC[C@@]3(C)C4=CCc5c(cc(O)c(O)c5C)[C@]4(C)CC[C@@]3(C)C2C1. The molecular weight excluding hydrogens is 424 g/mol. The van der Waals surface area contributed by atoms with Crippen LogP contribution in [-0.2, 0) is 21.4 Å². The van der Waals surface area contributed by atoms with Gasteiger partial charge in [-0.25, -0.2) is 0 Å². The monoisotopic (exact) mass is 466 g/mol. The van der Waals surface area contributed by atoms with Crippen molar-refractivity contribution in [3.05, 3.63) is 34.4 Å². The van der Waals surface area contributed by atoms with Gasteiger partial charge in [-0.05, 0) is 110 Å². The van der Waals surface area contributed by atoms with Crippen LogP contribution in [0.4, 0.5) is 0 Å². The summed E-state index contributed by atoms with van der Waals surface area (Å²) >= 11 is 0. The van der Waals surface area contributed by atoms with Crippen molar-refractivity contribution in [2.24, 2.45) is 27.6 Å². The van der Waals surface area contributed by atoms with Gasteiger partial charge in [0.1, 0.15) is 0 Å². The summed E-state index contributed by atoms with van der Waals surface area (Å²) < 4.78 is 5.28. The van der Waals surface area contributed by atoms with Crippen molar-refractivity contribution >= 4 is 5.97 Å². The van der Waals surface area contributed by atoms with E-state index in [4.69, 9.17) is 4.74 Å². The Morgan fingerprint density at radius 3 is 2.35 bits per heavy atom. The van der Waals surface area contributed by atoms with Gasteiger partial charge in [0.15, 0.2) is 11.5 Å². The Kier molecular flexibility index (Phi) is 4.92. The Balaban J connectivity index is 1.61. The lowest BCUT2D eigenvalue weighted by molar-refractivity contribution is -0.179. The summed E-state index contributed by atoms with van der Waals surface area (Å²) in [4.78, 5) is 12.8. The molecule has 0 saturated heterocycles. The fraction of sp³-hybridized carbons (Fsp3) is 0.700. The molecule has 6 atom stereocenters. The Morgan fingerprint density at radius 1 is 1.00 bits per heavy atom. The molecule has 3 fully saturated rings. The van der Waals surface area contributed by atoms with E-state index in [1.807, 2.05) is 13.0 Å². The predicted molar refractivity (Wildman–Crippen MR) is 134 cm³/mol. The van der Waals surface area contributed by atoms with E-state index in [1.54, 1.807) is 0 Å². The molecule has 2 N–H and O–H groups in total. The number of esters is 1. The van der Waals surface area contributed by atoms with E-state index in [9.17, 15) is 15.0 Å². The maximum Gasteiger partial charge on any atom is 0.311 e. The number of carbonyl (C=O) groups excluding carboxylic acids is 1. The predicted octanol–water partition coefficient (Wildman–Crippen LogP) is 6.73. The molecule has 4 aliphatic rings. The summed E-state index contributed by atoms with van der Waals surface area (Å²) in [6, 6.07) is 1.83. The molecular formula is C30H42O4. The fourth-order valence-electron chi connectivity index (χ4n) is 9.13. The molecule has 1 unspecified atom stereocenters. The zero-order valence-electron chi connectivity index (χ0n) is 22.1. The zero-order valence-corrected chi connectivity index (χ0v) is 22.1. The number of hydrogen-bond acceptors (Lipinski definition) is 4. The van der Waals surface area contributed by atoms with Crippen LogP contribution >= 0.6 is 0 Å². The average molecular weight is 467 g/mol. The number of aromatic hydroxyl groups is 2. The van der Waals surface area contributed by atoms with Gasteiger partial charge in [-0.2, -0.15) is 0 Å². The minimum Gasteiger partial charge on any atom is -0.504 e. The van der Waals surface area contributed by atoms with Crippen LogP contribution in [-0.4, -0.2) is 23.3 Å². The van der Waals surface area contributed by atoms with Crippen molar-refractivity contribution in [2.75, 3.05) is 7.11 Å². The molecule has 1 aromatic rings. The van der Waals surface area contributed by atoms with Gasteiger partial charge < -0.3 is 14.9 Å². The van der Waals surface area contributed by atoms with E-state index >= 15 is 0 Å². The van der Waals surface area contributed by atoms with Gasteiger partial charge in [0.25, 0.3) is 0 Å². The number of allylic oxidation sites excluding steroid dienone is 2. The van der Waals surface area contributed by atoms with Crippen LogP contribution in [0.3, 0.4) is 0 Å². The quantitative estimate of drug-likeness (QED) is 0.273. The highest BCUT2D eigenvalue weighted by molar-refractivity contribution is 5.76. The highest BCUT2D eigenvalue weighted by atomic mass is 16.5. The number of hydrogen-bond donors (Lipinski definition) is 2. The number of phenols is 2. The molecule has 0 aromatic heterocycles. The Hall–Kier alpha value is -1.97. The number of fused-ring (bicyclic) bond motifs is 7. The van der Waals surface area contributed by atoms with Gasteiger partial charge in [-0.15, -0.1) is 0 Å². The van der Waals surface area contributed by atoms with Gasteiger partial charge in [-0.1, -0.05) is 39.3 Å². The van der Waals surface area contributed by atoms with Gasteiger partial charge in [0.2, 0.25) is 0 Å². The molecule has 4 nitrogen and oxygen atoms in total. The lowest BCUT2D eigenvalue weighted by Crippen LogP contribution is -2.62. The molecule has 34 heavy (non-hydrogen) atoms. The molecule has 3 saturated carbocycles. The fourth-order valence-corrected chi connectivity index (χ4v) is 9.13. The highest BCUT2D eigenvalue weighted by Crippen LogP contribution is 2.74. The van der Waals surface area contributed by atoms with E-state index in [0.717, 1.165) is 50.5 Å². The summed E-state index contributed by atoms with van der Waals surface area (Å²) in [6.07, 6.45) is 10.6. The van der Waals surface area contributed by atoms with E-state index < -0.39 is 5.41 Å². The second kappa shape index (κ2) is 7.04. The summed E-state index contributed by atoms with van der Waals surface area (Å²) in [5, 5.41) is 20.9. The number of carbonyl (C=O) groups is 1. The van der Waals surface area contributed by atoms with Gasteiger partial charge in [-0.3, -0.25) is 4.79 Å².